The number of hydrogen-bond acceptors (Lipinski definition) is 4. The van der Waals surface area contributed by atoms with Gasteiger partial charge in [-0.1, -0.05) is 33.6 Å². The fourth-order valence-electron chi connectivity index (χ4n) is 4.68. The van der Waals surface area contributed by atoms with Gasteiger partial charge in [-0.3, -0.25) is 0 Å². The summed E-state index contributed by atoms with van der Waals surface area (Å²) in [5.41, 5.74) is 6.49. The summed E-state index contributed by atoms with van der Waals surface area (Å²) in [6.45, 7) is 12.0. The van der Waals surface area contributed by atoms with Crippen LogP contribution in [0.5, 0.6) is 0 Å². The summed E-state index contributed by atoms with van der Waals surface area (Å²) in [5.74, 6) is 2.52. The predicted molar refractivity (Wildman–Crippen MR) is 109 cm³/mol. The van der Waals surface area contributed by atoms with Crippen LogP contribution in [-0.4, -0.2) is 42.6 Å². The van der Waals surface area contributed by atoms with E-state index in [0.29, 0.717) is 11.8 Å². The van der Waals surface area contributed by atoms with Crippen molar-refractivity contribution in [3.63, 3.8) is 0 Å². The molecule has 2 heterocycles. The first kappa shape index (κ1) is 21.8. The first-order valence-electron chi connectivity index (χ1n) is 11.0. The van der Waals surface area contributed by atoms with Crippen LogP contribution in [0.4, 0.5) is 0 Å². The highest BCUT2D eigenvalue weighted by Crippen LogP contribution is 2.26. The zero-order valence-corrected chi connectivity index (χ0v) is 17.5. The molecule has 0 bridgehead atoms. The Bertz CT molecular complexity index is 424. The maximum absolute atomic E-state index is 12.1. The Morgan fingerprint density at radius 3 is 2.42 bits per heavy atom. The summed E-state index contributed by atoms with van der Waals surface area (Å²) in [4.78, 5) is 12.1. The molecule has 5 heteroatoms. The number of nitrogens with zero attached hydrogens (tertiary/aromatic N) is 1. The monoisotopic (exact) mass is 367 g/mol. The molecule has 2 aliphatic rings. The average molecular weight is 368 g/mol. The van der Waals surface area contributed by atoms with E-state index in [-0.39, 0.29) is 18.2 Å². The fourth-order valence-corrected chi connectivity index (χ4v) is 4.68. The van der Waals surface area contributed by atoms with E-state index in [0.717, 1.165) is 31.2 Å². The Kier molecular flexibility index (Phi) is 8.98. The molecule has 2 rings (SSSR count). The van der Waals surface area contributed by atoms with E-state index in [1.165, 1.54) is 50.0 Å². The van der Waals surface area contributed by atoms with Gasteiger partial charge in [-0.05, 0) is 62.9 Å². The van der Waals surface area contributed by atoms with Crippen molar-refractivity contribution in [2.45, 2.75) is 90.9 Å². The Hall–Kier alpha value is -0.520. The van der Waals surface area contributed by atoms with Gasteiger partial charge in [0.1, 0.15) is 0 Å². The zero-order valence-electron chi connectivity index (χ0n) is 17.5. The number of rotatable bonds is 10. The molecule has 0 aromatic heterocycles. The average Bonchev–Trinajstić information content (AvgIpc) is 2.97. The topological polar surface area (TPSA) is 70.2 Å². The van der Waals surface area contributed by atoms with Gasteiger partial charge in [0.05, 0.1) is 6.54 Å². The quantitative estimate of drug-likeness (QED) is 0.518. The summed E-state index contributed by atoms with van der Waals surface area (Å²) >= 11 is 0. The molecule has 4 N–H and O–H groups in total. The molecule has 6 unspecified atom stereocenters. The number of hydrogen-bond donors (Lipinski definition) is 3. The maximum atomic E-state index is 12.1. The minimum atomic E-state index is -0.0384. The number of nitrogens with one attached hydrogen (secondary N) is 2. The highest BCUT2D eigenvalue weighted by molar-refractivity contribution is 4.78. The van der Waals surface area contributed by atoms with Gasteiger partial charge in [0, 0.05) is 28.6 Å². The van der Waals surface area contributed by atoms with Crippen molar-refractivity contribution >= 4 is 0 Å². The third-order valence-corrected chi connectivity index (χ3v) is 6.86. The van der Waals surface area contributed by atoms with Crippen LogP contribution < -0.4 is 16.4 Å². The van der Waals surface area contributed by atoms with Crippen LogP contribution in [0.25, 0.3) is 0 Å². The molecule has 0 amide bonds. The van der Waals surface area contributed by atoms with Crippen LogP contribution >= 0.6 is 0 Å². The van der Waals surface area contributed by atoms with Crippen LogP contribution in [0.2, 0.25) is 0 Å². The summed E-state index contributed by atoms with van der Waals surface area (Å²) in [5, 5.41) is 6.82. The highest BCUT2D eigenvalue weighted by Gasteiger charge is 2.42. The first-order valence-corrected chi connectivity index (χ1v) is 11.0. The van der Waals surface area contributed by atoms with Crippen molar-refractivity contribution in [1.82, 2.24) is 10.6 Å². The van der Waals surface area contributed by atoms with Crippen molar-refractivity contribution in [1.29, 1.82) is 0 Å². The molecular weight excluding hydrogens is 324 g/mol. The van der Waals surface area contributed by atoms with Gasteiger partial charge in [0.15, 0.2) is 0 Å². The van der Waals surface area contributed by atoms with Crippen molar-refractivity contribution in [2.75, 3.05) is 19.6 Å². The Morgan fingerprint density at radius 1 is 1.12 bits per heavy atom. The Balaban J connectivity index is 1.63. The van der Waals surface area contributed by atoms with E-state index < -0.39 is 0 Å². The Morgan fingerprint density at radius 2 is 1.81 bits per heavy atom. The van der Waals surface area contributed by atoms with Crippen LogP contribution in [0.3, 0.4) is 0 Å². The molecule has 152 valence electrons. The first-order chi connectivity index (χ1) is 12.4. The standard InChI is InChI=1S/C21H43N4O/c1-15(5-7-19-9-11-23-12-10-19)6-8-20(22)16(2)13-17(3)21-24-14-18(4)25(21)26/h15-21,23-24H,5-14,22H2,1-4H3/q+1. The van der Waals surface area contributed by atoms with Crippen LogP contribution in [0.1, 0.15) is 72.6 Å². The minimum absolute atomic E-state index is 0.0384. The molecule has 0 aliphatic carbocycles. The fraction of sp³-hybridized carbons (Fsp3) is 1.00. The second-order valence-corrected chi connectivity index (χ2v) is 9.37. The molecule has 0 radical (unpaired) electrons. The summed E-state index contributed by atoms with van der Waals surface area (Å²) in [7, 11) is 0. The van der Waals surface area contributed by atoms with Gasteiger partial charge < -0.3 is 11.1 Å². The molecule has 2 saturated heterocycles. The summed E-state index contributed by atoms with van der Waals surface area (Å²) in [6.07, 6.45) is 8.76. The van der Waals surface area contributed by atoms with Gasteiger partial charge in [0.25, 0.3) is 6.17 Å². The summed E-state index contributed by atoms with van der Waals surface area (Å²) in [6, 6.07) is 0.338. The molecule has 2 aliphatic heterocycles. The summed E-state index contributed by atoms with van der Waals surface area (Å²) < 4.78 is 1.24. The molecule has 2 fully saturated rings. The molecule has 5 nitrogen and oxygen atoms in total. The maximum Gasteiger partial charge on any atom is 0.257 e. The molecule has 6 atom stereocenters. The van der Waals surface area contributed by atoms with E-state index in [1.807, 2.05) is 6.92 Å². The third-order valence-electron chi connectivity index (χ3n) is 6.86. The van der Waals surface area contributed by atoms with E-state index in [4.69, 9.17) is 5.73 Å². The van der Waals surface area contributed by atoms with E-state index in [2.05, 4.69) is 31.4 Å². The second kappa shape index (κ2) is 10.7. The molecule has 0 spiro atoms. The SMILES string of the molecule is CC(CCC1CCNCC1)CCC(N)C(C)CC(C)C1NCC(C)[N+]1=O. The normalized spacial score (nSPS) is 29.5. The van der Waals surface area contributed by atoms with Gasteiger partial charge in [-0.15, -0.1) is 0 Å². The number of piperidine rings is 1. The lowest BCUT2D eigenvalue weighted by molar-refractivity contribution is -0.603. The molecular formula is C21H43N4O+. The van der Waals surface area contributed by atoms with Crippen molar-refractivity contribution < 1.29 is 4.76 Å². The Labute approximate surface area is 160 Å². The van der Waals surface area contributed by atoms with E-state index >= 15 is 0 Å². The minimum Gasteiger partial charge on any atom is -0.327 e. The van der Waals surface area contributed by atoms with Crippen molar-refractivity contribution in [3.8, 4) is 0 Å². The van der Waals surface area contributed by atoms with Crippen molar-refractivity contribution in [3.05, 3.63) is 4.91 Å². The third kappa shape index (κ3) is 6.58. The second-order valence-electron chi connectivity index (χ2n) is 9.37. The zero-order chi connectivity index (χ0) is 19.1. The van der Waals surface area contributed by atoms with Gasteiger partial charge >= 0.3 is 0 Å². The number of nitroso groups, excluding NO2 is 1. The lowest BCUT2D eigenvalue weighted by Crippen LogP contribution is -2.38. The van der Waals surface area contributed by atoms with Crippen LogP contribution in [0.15, 0.2) is 0 Å². The van der Waals surface area contributed by atoms with E-state index in [1.54, 1.807) is 0 Å². The predicted octanol–water partition coefficient (Wildman–Crippen LogP) is 3.27. The smallest absolute Gasteiger partial charge is 0.257 e. The molecule has 0 aromatic carbocycles. The molecule has 26 heavy (non-hydrogen) atoms. The number of nitrogens with two attached hydrogens (primary N) is 1. The lowest BCUT2D eigenvalue weighted by Gasteiger charge is -2.26. The van der Waals surface area contributed by atoms with Gasteiger partial charge in [-0.25, -0.2) is 5.32 Å². The molecule has 0 aromatic rings. The van der Waals surface area contributed by atoms with Crippen LogP contribution in [0, 0.1) is 28.6 Å². The largest absolute Gasteiger partial charge is 0.327 e. The van der Waals surface area contributed by atoms with E-state index in [9.17, 15) is 4.91 Å². The molecule has 0 saturated carbocycles. The van der Waals surface area contributed by atoms with Gasteiger partial charge in [0.2, 0.25) is 6.04 Å². The lowest BCUT2D eigenvalue weighted by atomic mass is 9.84. The van der Waals surface area contributed by atoms with Crippen molar-refractivity contribution in [2.24, 2.45) is 29.4 Å². The van der Waals surface area contributed by atoms with Gasteiger partial charge in [-0.2, -0.15) is 0 Å². The van der Waals surface area contributed by atoms with Crippen LogP contribution in [-0.2, 0) is 0 Å². The highest BCUT2D eigenvalue weighted by atomic mass is 16.3.